The van der Waals surface area contributed by atoms with Gasteiger partial charge in [0.15, 0.2) is 0 Å². The van der Waals surface area contributed by atoms with Gasteiger partial charge in [0.25, 0.3) is 0 Å². The average Bonchev–Trinajstić information content (AvgIpc) is 2.82. The largest absolute Gasteiger partial charge is 0.192 e. The van der Waals surface area contributed by atoms with Crippen LogP contribution in [0.1, 0.15) is 19.3 Å². The predicted molar refractivity (Wildman–Crippen MR) is 46.1 cm³/mol. The van der Waals surface area contributed by atoms with Gasteiger partial charge in [-0.2, -0.15) is 10.5 Å². The molecule has 4 aliphatic carbocycles. The lowest BCUT2D eigenvalue weighted by molar-refractivity contribution is 0.457. The Balaban J connectivity index is 2.12. The molecule has 2 nitrogen and oxygen atoms in total. The van der Waals surface area contributed by atoms with Gasteiger partial charge in [-0.05, 0) is 48.5 Å². The molecule has 13 heavy (non-hydrogen) atoms. The van der Waals surface area contributed by atoms with E-state index in [1.54, 1.807) is 0 Å². The zero-order valence-electron chi connectivity index (χ0n) is 7.33. The minimum atomic E-state index is 0.430. The zero-order chi connectivity index (χ0) is 9.00. The number of hydrogen-bond donors (Lipinski definition) is 0. The molecule has 0 radical (unpaired) electrons. The lowest BCUT2D eigenvalue weighted by Crippen LogP contribution is -2.04. The van der Waals surface area contributed by atoms with Gasteiger partial charge in [-0.1, -0.05) is 0 Å². The van der Waals surface area contributed by atoms with Crippen molar-refractivity contribution < 1.29 is 0 Å². The van der Waals surface area contributed by atoms with Crippen LogP contribution in [0.15, 0.2) is 11.1 Å². The van der Waals surface area contributed by atoms with Gasteiger partial charge in [-0.15, -0.1) is 0 Å². The SMILES string of the molecule is N#CC(C#N)=C1[C@@H]2C[C@H]3C[C@@H]2C[C@@H]13. The molecular formula is C11H10N2. The van der Waals surface area contributed by atoms with Crippen molar-refractivity contribution in [2.45, 2.75) is 19.3 Å². The van der Waals surface area contributed by atoms with Gasteiger partial charge in [-0.3, -0.25) is 0 Å². The number of nitrogens with zero attached hydrogens (tertiary/aromatic N) is 2. The van der Waals surface area contributed by atoms with E-state index in [1.165, 1.54) is 24.8 Å². The molecular weight excluding hydrogens is 160 g/mol. The Bertz CT molecular complexity index is 346. The highest BCUT2D eigenvalue weighted by Crippen LogP contribution is 2.66. The molecule has 0 N–H and O–H groups in total. The van der Waals surface area contributed by atoms with Crippen LogP contribution in [0, 0.1) is 46.3 Å². The molecule has 0 aromatic heterocycles. The summed E-state index contributed by atoms with van der Waals surface area (Å²) in [6.45, 7) is 0. The molecule has 4 aliphatic rings. The third-order valence-electron chi connectivity index (χ3n) is 4.17. The van der Waals surface area contributed by atoms with Crippen LogP contribution in [-0.2, 0) is 0 Å². The number of hydrogen-bond acceptors (Lipinski definition) is 2. The Kier molecular flexibility index (Phi) is 1.18. The molecule has 4 fully saturated rings. The van der Waals surface area contributed by atoms with Crippen LogP contribution in [0.25, 0.3) is 0 Å². The fourth-order valence-electron chi connectivity index (χ4n) is 3.84. The molecule has 0 saturated heterocycles. The highest BCUT2D eigenvalue weighted by atomic mass is 14.6. The van der Waals surface area contributed by atoms with Crippen molar-refractivity contribution in [2.24, 2.45) is 23.7 Å². The van der Waals surface area contributed by atoms with Crippen LogP contribution in [-0.4, -0.2) is 0 Å². The van der Waals surface area contributed by atoms with Gasteiger partial charge < -0.3 is 0 Å². The van der Waals surface area contributed by atoms with Crippen LogP contribution in [0.3, 0.4) is 0 Å². The summed E-state index contributed by atoms with van der Waals surface area (Å²) in [5, 5.41) is 17.6. The van der Waals surface area contributed by atoms with Crippen molar-refractivity contribution in [2.75, 3.05) is 0 Å². The van der Waals surface area contributed by atoms with Gasteiger partial charge in [0.1, 0.15) is 17.7 Å². The van der Waals surface area contributed by atoms with E-state index >= 15 is 0 Å². The normalized spacial score (nSPS) is 43.7. The standard InChI is InChI=1S/C11H10N2/c12-4-8(5-13)11-9-2-6-1-7(9)3-10(6)11/h6-7,9-10H,1-3H2/t6-,7-,9-,10-/m1/s1. The average molecular weight is 170 g/mol. The van der Waals surface area contributed by atoms with Crippen molar-refractivity contribution in [3.63, 3.8) is 0 Å². The maximum absolute atomic E-state index is 8.82. The van der Waals surface area contributed by atoms with E-state index in [4.69, 9.17) is 10.5 Å². The monoisotopic (exact) mass is 170 g/mol. The summed E-state index contributed by atoms with van der Waals surface area (Å²) in [5.74, 6) is 2.87. The molecule has 0 spiro atoms. The van der Waals surface area contributed by atoms with Crippen LogP contribution < -0.4 is 0 Å². The van der Waals surface area contributed by atoms with E-state index in [0.29, 0.717) is 17.4 Å². The first-order chi connectivity index (χ1) is 6.35. The first-order valence-corrected chi connectivity index (χ1v) is 4.89. The van der Waals surface area contributed by atoms with Gasteiger partial charge in [-0.25, -0.2) is 0 Å². The van der Waals surface area contributed by atoms with E-state index in [9.17, 15) is 0 Å². The van der Waals surface area contributed by atoms with Crippen LogP contribution >= 0.6 is 0 Å². The summed E-state index contributed by atoms with van der Waals surface area (Å²) >= 11 is 0. The number of nitriles is 2. The zero-order valence-corrected chi connectivity index (χ0v) is 7.33. The van der Waals surface area contributed by atoms with E-state index in [-0.39, 0.29) is 0 Å². The molecule has 0 amide bonds. The minimum absolute atomic E-state index is 0.430. The molecule has 64 valence electrons. The first kappa shape index (κ1) is 7.15. The van der Waals surface area contributed by atoms with Crippen molar-refractivity contribution in [1.29, 1.82) is 10.5 Å². The Hall–Kier alpha value is -1.28. The Morgan fingerprint density at radius 1 is 1.00 bits per heavy atom. The van der Waals surface area contributed by atoms with E-state index in [1.807, 2.05) is 0 Å². The summed E-state index contributed by atoms with van der Waals surface area (Å²) in [6, 6.07) is 4.11. The molecule has 0 aromatic rings. The molecule has 4 bridgehead atoms. The summed E-state index contributed by atoms with van der Waals surface area (Å²) in [5.41, 5.74) is 1.66. The summed E-state index contributed by atoms with van der Waals surface area (Å²) < 4.78 is 0. The second-order valence-corrected chi connectivity index (χ2v) is 4.49. The summed E-state index contributed by atoms with van der Waals surface area (Å²) in [4.78, 5) is 0. The molecule has 0 aromatic carbocycles. The van der Waals surface area contributed by atoms with E-state index < -0.39 is 0 Å². The molecule has 0 unspecified atom stereocenters. The molecule has 2 heteroatoms. The lowest BCUT2D eigenvalue weighted by atomic mass is 9.91. The number of allylic oxidation sites excluding steroid dienone is 2. The Morgan fingerprint density at radius 2 is 1.54 bits per heavy atom. The Labute approximate surface area is 77.5 Å². The molecule has 0 heterocycles. The quantitative estimate of drug-likeness (QED) is 0.522. The maximum Gasteiger partial charge on any atom is 0.129 e. The maximum atomic E-state index is 8.82. The molecule has 0 aliphatic heterocycles. The highest BCUT2D eigenvalue weighted by Gasteiger charge is 2.57. The second kappa shape index (κ2) is 2.15. The summed E-state index contributed by atoms with van der Waals surface area (Å²) in [7, 11) is 0. The van der Waals surface area contributed by atoms with Crippen molar-refractivity contribution in [3.8, 4) is 12.1 Å². The fourth-order valence-corrected chi connectivity index (χ4v) is 3.84. The van der Waals surface area contributed by atoms with Crippen LogP contribution in [0.4, 0.5) is 0 Å². The van der Waals surface area contributed by atoms with Crippen LogP contribution in [0.5, 0.6) is 0 Å². The van der Waals surface area contributed by atoms with Crippen molar-refractivity contribution in [1.82, 2.24) is 0 Å². The Morgan fingerprint density at radius 3 is 1.92 bits per heavy atom. The van der Waals surface area contributed by atoms with Gasteiger partial charge >= 0.3 is 0 Å². The first-order valence-electron chi connectivity index (χ1n) is 4.89. The fraction of sp³-hybridized carbons (Fsp3) is 0.636. The van der Waals surface area contributed by atoms with Gasteiger partial charge in [0.05, 0.1) is 0 Å². The highest BCUT2D eigenvalue weighted by molar-refractivity contribution is 5.47. The smallest absolute Gasteiger partial charge is 0.129 e. The van der Waals surface area contributed by atoms with Gasteiger partial charge in [0, 0.05) is 0 Å². The third-order valence-corrected chi connectivity index (χ3v) is 4.17. The van der Waals surface area contributed by atoms with Crippen LogP contribution in [0.2, 0.25) is 0 Å². The van der Waals surface area contributed by atoms with E-state index in [2.05, 4.69) is 12.1 Å². The van der Waals surface area contributed by atoms with E-state index in [0.717, 1.165) is 11.8 Å². The van der Waals surface area contributed by atoms with Crippen molar-refractivity contribution >= 4 is 0 Å². The lowest BCUT2D eigenvalue weighted by Gasteiger charge is -2.11. The molecule has 4 atom stereocenters. The minimum Gasteiger partial charge on any atom is -0.192 e. The predicted octanol–water partition coefficient (Wildman–Crippen LogP) is 2.01. The topological polar surface area (TPSA) is 47.6 Å². The number of rotatable bonds is 0. The molecule has 4 rings (SSSR count). The van der Waals surface area contributed by atoms with Crippen molar-refractivity contribution in [3.05, 3.63) is 11.1 Å². The van der Waals surface area contributed by atoms with Gasteiger partial charge in [0.2, 0.25) is 0 Å². The summed E-state index contributed by atoms with van der Waals surface area (Å²) in [6.07, 6.45) is 3.89. The third kappa shape index (κ3) is 0.676. The second-order valence-electron chi connectivity index (χ2n) is 4.49. The molecule has 4 saturated carbocycles.